The Labute approximate surface area is 120 Å². The zero-order valence-electron chi connectivity index (χ0n) is 10.4. The fourth-order valence-corrected chi connectivity index (χ4v) is 1.91. The van der Waals surface area contributed by atoms with Crippen LogP contribution >= 0.6 is 11.6 Å². The molecule has 0 amide bonds. The van der Waals surface area contributed by atoms with Crippen molar-refractivity contribution in [2.45, 2.75) is 6.42 Å². The molecule has 2 aromatic rings. The minimum Gasteiger partial charge on any atom is -0.478 e. The van der Waals surface area contributed by atoms with Crippen LogP contribution in [0, 0.1) is 5.82 Å². The van der Waals surface area contributed by atoms with Gasteiger partial charge in [-0.15, -0.1) is 0 Å². The molecule has 0 saturated carbocycles. The number of anilines is 1. The molecule has 0 saturated heterocycles. The second-order valence-electron chi connectivity index (χ2n) is 4.16. The van der Waals surface area contributed by atoms with Crippen LogP contribution < -0.4 is 5.32 Å². The number of carboxylic acid groups (broad SMARTS) is 1. The number of benzene rings is 1. The second kappa shape index (κ2) is 6.34. The summed E-state index contributed by atoms with van der Waals surface area (Å²) in [5.41, 5.74) is 0.847. The average Bonchev–Trinajstić information content (AvgIpc) is 2.40. The first-order valence-corrected chi connectivity index (χ1v) is 6.31. The van der Waals surface area contributed by atoms with Gasteiger partial charge in [-0.05, 0) is 30.2 Å². The van der Waals surface area contributed by atoms with Gasteiger partial charge < -0.3 is 10.4 Å². The highest BCUT2D eigenvalue weighted by molar-refractivity contribution is 6.33. The van der Waals surface area contributed by atoms with E-state index in [1.807, 2.05) is 6.07 Å². The zero-order valence-corrected chi connectivity index (χ0v) is 11.2. The molecule has 0 aliphatic carbocycles. The van der Waals surface area contributed by atoms with E-state index in [4.69, 9.17) is 16.7 Å². The Morgan fingerprint density at radius 1 is 1.40 bits per heavy atom. The number of aromatic nitrogens is 1. The zero-order chi connectivity index (χ0) is 14.5. The molecule has 0 radical (unpaired) electrons. The normalized spacial score (nSPS) is 10.3. The van der Waals surface area contributed by atoms with Crippen LogP contribution in [0.4, 0.5) is 10.2 Å². The molecular formula is C14H12ClFN2O2. The summed E-state index contributed by atoms with van der Waals surface area (Å²) in [6, 6.07) is 7.68. The van der Waals surface area contributed by atoms with E-state index in [0.29, 0.717) is 18.8 Å². The molecule has 20 heavy (non-hydrogen) atoms. The maximum absolute atomic E-state index is 13.0. The van der Waals surface area contributed by atoms with Crippen molar-refractivity contribution in [3.63, 3.8) is 0 Å². The Balaban J connectivity index is 1.97. The van der Waals surface area contributed by atoms with Gasteiger partial charge in [-0.2, -0.15) is 0 Å². The molecule has 4 nitrogen and oxygen atoms in total. The summed E-state index contributed by atoms with van der Waals surface area (Å²) >= 11 is 5.73. The number of nitrogens with one attached hydrogen (secondary N) is 1. The Kier molecular flexibility index (Phi) is 4.53. The molecule has 104 valence electrons. The van der Waals surface area contributed by atoms with Crippen LogP contribution in [-0.2, 0) is 6.42 Å². The monoisotopic (exact) mass is 294 g/mol. The van der Waals surface area contributed by atoms with Crippen LogP contribution in [0.25, 0.3) is 0 Å². The lowest BCUT2D eigenvalue weighted by Gasteiger charge is -2.07. The van der Waals surface area contributed by atoms with Crippen LogP contribution in [0.3, 0.4) is 0 Å². The van der Waals surface area contributed by atoms with Crippen molar-refractivity contribution in [2.24, 2.45) is 0 Å². The molecule has 0 spiro atoms. The molecule has 6 heteroatoms. The first-order valence-electron chi connectivity index (χ1n) is 5.93. The number of aromatic carboxylic acids is 1. The van der Waals surface area contributed by atoms with Crippen molar-refractivity contribution >= 4 is 23.4 Å². The van der Waals surface area contributed by atoms with Gasteiger partial charge in [-0.1, -0.05) is 23.7 Å². The predicted molar refractivity (Wildman–Crippen MR) is 74.8 cm³/mol. The maximum Gasteiger partial charge on any atom is 0.337 e. The van der Waals surface area contributed by atoms with Gasteiger partial charge in [0.2, 0.25) is 0 Å². The molecule has 2 N–H and O–H groups in total. The topological polar surface area (TPSA) is 62.2 Å². The second-order valence-corrected chi connectivity index (χ2v) is 4.57. The smallest absolute Gasteiger partial charge is 0.337 e. The lowest BCUT2D eigenvalue weighted by Crippen LogP contribution is -2.08. The number of hydrogen-bond acceptors (Lipinski definition) is 3. The van der Waals surface area contributed by atoms with Gasteiger partial charge in [0.15, 0.2) is 0 Å². The van der Waals surface area contributed by atoms with Crippen molar-refractivity contribution in [1.29, 1.82) is 0 Å². The fraction of sp³-hybridized carbons (Fsp3) is 0.143. The number of carbonyl (C=O) groups is 1. The van der Waals surface area contributed by atoms with Gasteiger partial charge in [0.25, 0.3) is 0 Å². The molecule has 0 aliphatic rings. The molecular weight excluding hydrogens is 283 g/mol. The number of nitrogens with zero attached hydrogens (tertiary/aromatic N) is 1. The average molecular weight is 295 g/mol. The highest BCUT2D eigenvalue weighted by Gasteiger charge is 2.10. The lowest BCUT2D eigenvalue weighted by atomic mass is 10.1. The molecule has 0 bridgehead atoms. The number of halogens is 2. The SMILES string of the molecule is O=C(O)c1cc(NCCc2cccc(F)c2)ncc1Cl. The molecule has 2 rings (SSSR count). The minimum absolute atomic E-state index is 0.00470. The molecule has 1 aromatic carbocycles. The van der Waals surface area contributed by atoms with Crippen molar-refractivity contribution < 1.29 is 14.3 Å². The van der Waals surface area contributed by atoms with Gasteiger partial charge in [0, 0.05) is 12.7 Å². The first-order chi connectivity index (χ1) is 9.56. The molecule has 0 unspecified atom stereocenters. The van der Waals surface area contributed by atoms with E-state index in [2.05, 4.69) is 10.3 Å². The highest BCUT2D eigenvalue weighted by atomic mass is 35.5. The largest absolute Gasteiger partial charge is 0.478 e. The van der Waals surface area contributed by atoms with Gasteiger partial charge in [-0.3, -0.25) is 0 Å². The van der Waals surface area contributed by atoms with Crippen LogP contribution in [0.2, 0.25) is 5.02 Å². The van der Waals surface area contributed by atoms with Crippen molar-refractivity contribution in [3.05, 3.63) is 58.5 Å². The summed E-state index contributed by atoms with van der Waals surface area (Å²) in [5.74, 6) is -0.964. The third kappa shape index (κ3) is 3.68. The van der Waals surface area contributed by atoms with E-state index in [0.717, 1.165) is 5.56 Å². The summed E-state index contributed by atoms with van der Waals surface area (Å²) in [6.07, 6.45) is 1.89. The third-order valence-electron chi connectivity index (χ3n) is 2.69. The number of hydrogen-bond donors (Lipinski definition) is 2. The van der Waals surface area contributed by atoms with E-state index in [1.54, 1.807) is 6.07 Å². The van der Waals surface area contributed by atoms with Gasteiger partial charge in [-0.25, -0.2) is 14.2 Å². The Morgan fingerprint density at radius 2 is 2.20 bits per heavy atom. The Bertz CT molecular complexity index is 634. The summed E-state index contributed by atoms with van der Waals surface area (Å²) in [7, 11) is 0. The van der Waals surface area contributed by atoms with Crippen LogP contribution in [-0.4, -0.2) is 22.6 Å². The Morgan fingerprint density at radius 3 is 2.90 bits per heavy atom. The lowest BCUT2D eigenvalue weighted by molar-refractivity contribution is 0.0697. The van der Waals surface area contributed by atoms with E-state index in [-0.39, 0.29) is 16.4 Å². The standard InChI is InChI=1S/C14H12ClFN2O2/c15-12-8-18-13(7-11(12)14(19)20)17-5-4-9-2-1-3-10(16)6-9/h1-3,6-8H,4-5H2,(H,17,18)(H,19,20). The Hall–Kier alpha value is -2.14. The minimum atomic E-state index is -1.11. The van der Waals surface area contributed by atoms with Crippen LogP contribution in [0.1, 0.15) is 15.9 Å². The van der Waals surface area contributed by atoms with E-state index in [1.165, 1.54) is 24.4 Å². The van der Waals surface area contributed by atoms with E-state index in [9.17, 15) is 9.18 Å². The molecule has 0 aliphatic heterocycles. The number of carboxylic acids is 1. The number of pyridine rings is 1. The highest BCUT2D eigenvalue weighted by Crippen LogP contribution is 2.17. The molecule has 1 aromatic heterocycles. The first kappa shape index (κ1) is 14.3. The fourth-order valence-electron chi connectivity index (χ4n) is 1.73. The van der Waals surface area contributed by atoms with Crippen LogP contribution in [0.15, 0.2) is 36.5 Å². The van der Waals surface area contributed by atoms with E-state index >= 15 is 0 Å². The summed E-state index contributed by atoms with van der Waals surface area (Å²) < 4.78 is 13.0. The third-order valence-corrected chi connectivity index (χ3v) is 3.00. The van der Waals surface area contributed by atoms with Crippen molar-refractivity contribution in [1.82, 2.24) is 4.98 Å². The van der Waals surface area contributed by atoms with Crippen LogP contribution in [0.5, 0.6) is 0 Å². The van der Waals surface area contributed by atoms with Crippen molar-refractivity contribution in [2.75, 3.05) is 11.9 Å². The molecule has 1 heterocycles. The van der Waals surface area contributed by atoms with Gasteiger partial charge in [0.05, 0.1) is 10.6 Å². The maximum atomic E-state index is 13.0. The summed E-state index contributed by atoms with van der Waals surface area (Å²) in [6.45, 7) is 0.511. The van der Waals surface area contributed by atoms with Gasteiger partial charge in [0.1, 0.15) is 11.6 Å². The van der Waals surface area contributed by atoms with E-state index < -0.39 is 5.97 Å². The summed E-state index contributed by atoms with van der Waals surface area (Å²) in [5, 5.41) is 12.0. The molecule has 0 fully saturated rings. The van der Waals surface area contributed by atoms with Gasteiger partial charge >= 0.3 is 5.97 Å². The predicted octanol–water partition coefficient (Wildman–Crippen LogP) is 3.23. The molecule has 0 atom stereocenters. The van der Waals surface area contributed by atoms with Crippen molar-refractivity contribution in [3.8, 4) is 0 Å². The quantitative estimate of drug-likeness (QED) is 0.889. The number of rotatable bonds is 5. The summed E-state index contributed by atoms with van der Waals surface area (Å²) in [4.78, 5) is 14.9.